The summed E-state index contributed by atoms with van der Waals surface area (Å²) in [6.07, 6.45) is 7.85. The van der Waals surface area contributed by atoms with Crippen molar-refractivity contribution in [3.05, 3.63) is 64.1 Å². The molecule has 0 unspecified atom stereocenters. The maximum absolute atomic E-state index is 12.5. The molecule has 11 nitrogen and oxygen atoms in total. The number of anilines is 1. The average molecular weight is 451 g/mol. The lowest BCUT2D eigenvalue weighted by Crippen LogP contribution is -2.32. The van der Waals surface area contributed by atoms with Gasteiger partial charge in [0.2, 0.25) is 5.52 Å². The van der Waals surface area contributed by atoms with Crippen molar-refractivity contribution in [1.82, 2.24) is 23.9 Å². The normalized spacial score (nSPS) is 12.5. The summed E-state index contributed by atoms with van der Waals surface area (Å²) in [5.74, 6) is -0.0273. The van der Waals surface area contributed by atoms with Crippen molar-refractivity contribution in [2.24, 2.45) is 0 Å². The highest BCUT2D eigenvalue weighted by atomic mass is 35.5. The second kappa shape index (κ2) is 7.69. The number of aromatic nitrogens is 6. The van der Waals surface area contributed by atoms with Crippen molar-refractivity contribution in [1.29, 1.82) is 0 Å². The molecule has 0 saturated heterocycles. The molecule has 30 heavy (non-hydrogen) atoms. The van der Waals surface area contributed by atoms with Gasteiger partial charge in [0.05, 0.1) is 23.4 Å². The molecule has 0 spiro atoms. The monoisotopic (exact) mass is 450 g/mol. The first-order chi connectivity index (χ1) is 14.2. The third-order valence-corrected chi connectivity index (χ3v) is 5.25. The van der Waals surface area contributed by atoms with Crippen LogP contribution in [0, 0.1) is 0 Å². The zero-order chi connectivity index (χ0) is 21.5. The number of hydrogen-bond acceptors (Lipinski definition) is 5. The summed E-state index contributed by atoms with van der Waals surface area (Å²) in [5.41, 5.74) is 7.37. The van der Waals surface area contributed by atoms with E-state index in [1.165, 1.54) is 6.08 Å². The smallest absolute Gasteiger partial charge is 0.329 e. The predicted octanol–water partition coefficient (Wildman–Crippen LogP) is 0.678. The number of nitrogen functional groups attached to an aromatic ring is 1. The lowest BCUT2D eigenvalue weighted by molar-refractivity contribution is -0.663. The fourth-order valence-electron chi connectivity index (χ4n) is 3.13. The van der Waals surface area contributed by atoms with Crippen LogP contribution in [0.15, 0.2) is 47.8 Å². The van der Waals surface area contributed by atoms with Crippen LogP contribution >= 0.6 is 19.2 Å². The largest absolute Gasteiger partial charge is 0.355 e. The molecule has 0 radical (unpaired) electrons. The Morgan fingerprint density at radius 2 is 2.07 bits per heavy atom. The predicted molar refractivity (Wildman–Crippen MR) is 110 cm³/mol. The van der Waals surface area contributed by atoms with Crippen LogP contribution in [0.1, 0.15) is 5.69 Å². The molecule has 0 saturated carbocycles. The van der Waals surface area contributed by atoms with Crippen LogP contribution in [-0.4, -0.2) is 39.9 Å². The average Bonchev–Trinajstić information content (AvgIpc) is 3.18. The van der Waals surface area contributed by atoms with Crippen LogP contribution in [0.25, 0.3) is 16.8 Å². The van der Waals surface area contributed by atoms with Gasteiger partial charge in [0.1, 0.15) is 12.2 Å². The first-order valence-corrected chi connectivity index (χ1v) is 11.0. The van der Waals surface area contributed by atoms with Gasteiger partial charge in [-0.2, -0.15) is 0 Å². The Labute approximate surface area is 174 Å². The number of nitrogens with zero attached hydrogens (tertiary/aromatic N) is 5. The molecule has 0 fully saturated rings. The van der Waals surface area contributed by atoms with Crippen molar-refractivity contribution in [2.75, 3.05) is 11.9 Å². The molecule has 0 amide bonds. The molecule has 0 aliphatic rings. The minimum absolute atomic E-state index is 0.0273. The van der Waals surface area contributed by atoms with Crippen molar-refractivity contribution in [3.8, 4) is 0 Å². The summed E-state index contributed by atoms with van der Waals surface area (Å²) in [6.45, 7) is 0.545. The SMILES string of the molecule is Nc1nc2c(c(=O)[nH]1)n(Cc1cn3cc(Cl)ccc3n1)c[n+]2C/C=C\CP(=O)(O)O. The first-order valence-electron chi connectivity index (χ1n) is 8.80. The van der Waals surface area contributed by atoms with Crippen LogP contribution in [0.3, 0.4) is 0 Å². The summed E-state index contributed by atoms with van der Waals surface area (Å²) in [6, 6.07) is 3.54. The Morgan fingerprint density at radius 1 is 1.27 bits per heavy atom. The van der Waals surface area contributed by atoms with Gasteiger partial charge >= 0.3 is 13.2 Å². The highest BCUT2D eigenvalue weighted by Crippen LogP contribution is 2.33. The second-order valence-corrected chi connectivity index (χ2v) is 8.81. The van der Waals surface area contributed by atoms with Crippen molar-refractivity contribution < 1.29 is 18.9 Å². The lowest BCUT2D eigenvalue weighted by Gasteiger charge is -1.97. The molecule has 4 aromatic rings. The van der Waals surface area contributed by atoms with Gasteiger partial charge in [0.15, 0.2) is 6.33 Å². The molecule has 13 heteroatoms. The summed E-state index contributed by atoms with van der Waals surface area (Å²) < 4.78 is 16.1. The van der Waals surface area contributed by atoms with E-state index < -0.39 is 13.2 Å². The van der Waals surface area contributed by atoms with Gasteiger partial charge in [-0.25, -0.2) is 14.1 Å². The van der Waals surface area contributed by atoms with E-state index in [0.29, 0.717) is 28.4 Å². The van der Waals surface area contributed by atoms with Crippen LogP contribution in [-0.2, 0) is 17.7 Å². The highest BCUT2D eigenvalue weighted by Gasteiger charge is 2.22. The Morgan fingerprint density at radius 3 is 2.83 bits per heavy atom. The van der Waals surface area contributed by atoms with E-state index in [9.17, 15) is 9.36 Å². The quantitative estimate of drug-likeness (QED) is 0.191. The molecule has 5 N–H and O–H groups in total. The number of halogens is 1. The Bertz CT molecular complexity index is 1380. The maximum Gasteiger partial charge on any atom is 0.329 e. The van der Waals surface area contributed by atoms with Gasteiger partial charge in [0, 0.05) is 12.4 Å². The van der Waals surface area contributed by atoms with Crippen LogP contribution in [0.4, 0.5) is 5.95 Å². The van der Waals surface area contributed by atoms with Gasteiger partial charge in [-0.3, -0.25) is 14.3 Å². The number of nitrogens with one attached hydrogen (secondary N) is 1. The van der Waals surface area contributed by atoms with Gasteiger partial charge in [-0.1, -0.05) is 28.7 Å². The van der Waals surface area contributed by atoms with Crippen LogP contribution < -0.4 is 15.9 Å². The van der Waals surface area contributed by atoms with Crippen molar-refractivity contribution in [3.63, 3.8) is 0 Å². The summed E-state index contributed by atoms with van der Waals surface area (Å²) in [7, 11) is -4.12. The molecular weight excluding hydrogens is 433 g/mol. The van der Waals surface area contributed by atoms with E-state index in [0.717, 1.165) is 5.65 Å². The topological polar surface area (TPSA) is 155 Å². The molecule has 0 aromatic carbocycles. The maximum atomic E-state index is 12.5. The molecule has 4 heterocycles. The van der Waals surface area contributed by atoms with Crippen molar-refractivity contribution >= 4 is 42.0 Å². The first kappa shape index (κ1) is 20.3. The minimum atomic E-state index is -4.12. The lowest BCUT2D eigenvalue weighted by atomic mass is 10.4. The Kier molecular flexibility index (Phi) is 5.20. The third kappa shape index (κ3) is 4.29. The van der Waals surface area contributed by atoms with Crippen molar-refractivity contribution in [2.45, 2.75) is 13.1 Å². The molecule has 0 atom stereocenters. The number of rotatable bonds is 6. The number of pyridine rings is 1. The highest BCUT2D eigenvalue weighted by molar-refractivity contribution is 7.51. The van der Waals surface area contributed by atoms with Gasteiger partial charge < -0.3 is 19.9 Å². The molecule has 4 rings (SSSR count). The van der Waals surface area contributed by atoms with E-state index in [2.05, 4.69) is 15.0 Å². The zero-order valence-electron chi connectivity index (χ0n) is 15.5. The van der Waals surface area contributed by atoms with Crippen LogP contribution in [0.5, 0.6) is 0 Å². The number of hydrogen-bond donors (Lipinski definition) is 4. The third-order valence-electron chi connectivity index (χ3n) is 4.34. The number of H-pyrrole nitrogens is 1. The molecule has 4 aromatic heterocycles. The second-order valence-electron chi connectivity index (χ2n) is 6.68. The number of nitrogens with two attached hydrogens (primary N) is 1. The summed E-state index contributed by atoms with van der Waals surface area (Å²) in [5, 5.41) is 0.578. The van der Waals surface area contributed by atoms with E-state index in [1.807, 2.05) is 6.20 Å². The van der Waals surface area contributed by atoms with Gasteiger partial charge in [0.25, 0.3) is 11.5 Å². The minimum Gasteiger partial charge on any atom is -0.355 e. The Balaban J connectivity index is 1.71. The standard InChI is InChI=1S/C17H17ClN7O4P/c18-11-3-4-13-20-12(8-24(13)7-11)9-25-10-23(5-1-2-6-30(27,28)29)15-14(25)16(26)22-17(19)21-15/h1-4,7-8,10H,5-6,9H2,(H4-,19,21,22,26,27,28,29)/p+1/b2-1-. The van der Waals surface area contributed by atoms with Gasteiger partial charge in [-0.05, 0) is 12.1 Å². The molecule has 0 aliphatic heterocycles. The van der Waals surface area contributed by atoms with E-state index in [-0.39, 0.29) is 18.7 Å². The fourth-order valence-corrected chi connectivity index (χ4v) is 3.73. The summed E-state index contributed by atoms with van der Waals surface area (Å²) >= 11 is 6.02. The number of aromatic amines is 1. The number of imidazole rings is 2. The number of fused-ring (bicyclic) bond motifs is 2. The fraction of sp³-hybridized carbons (Fsp3) is 0.176. The molecule has 0 aliphatic carbocycles. The van der Waals surface area contributed by atoms with Crippen LogP contribution in [0.2, 0.25) is 5.02 Å². The Hall–Kier alpha value is -2.98. The van der Waals surface area contributed by atoms with E-state index >= 15 is 0 Å². The molecule has 0 bridgehead atoms. The van der Waals surface area contributed by atoms with E-state index in [4.69, 9.17) is 27.1 Å². The zero-order valence-corrected chi connectivity index (χ0v) is 17.2. The molecular formula is C17H18ClN7O4P+. The van der Waals surface area contributed by atoms with Gasteiger partial charge in [-0.15, -0.1) is 0 Å². The summed E-state index contributed by atoms with van der Waals surface area (Å²) in [4.78, 5) is 41.7. The van der Waals surface area contributed by atoms with E-state index in [1.54, 1.807) is 44.3 Å². The number of allylic oxidation sites excluding steroid dienone is 2. The molecule has 156 valence electrons.